The summed E-state index contributed by atoms with van der Waals surface area (Å²) in [7, 11) is 0. The van der Waals surface area contributed by atoms with Gasteiger partial charge in [-0.15, -0.1) is 0 Å². The number of H-pyrrole nitrogens is 1. The summed E-state index contributed by atoms with van der Waals surface area (Å²) in [6, 6.07) is 3.56. The molecular weight excluding hydrogens is 478 g/mol. The standard InChI is InChI=1S/C22H31N5O5S2/c1-12(19(28)27-18(11-33)22(31)32)25-21(30)17(26-20(29)15(23)7-8-34-2)9-13-10-24-16-6-4-3-5-14(13)16/h3-6,10,12,15,17-18,24,33H,7-9,11,23H2,1-2H3,(H,25,30)(H,26,29)(H,27,28)(H,31,32). The Kier molecular flexibility index (Phi) is 10.7. The number of nitrogens with two attached hydrogens (primary N) is 1. The third-order valence-electron chi connectivity index (χ3n) is 5.25. The van der Waals surface area contributed by atoms with E-state index < -0.39 is 47.9 Å². The zero-order chi connectivity index (χ0) is 25.3. The van der Waals surface area contributed by atoms with Crippen LogP contribution in [-0.2, 0) is 25.6 Å². The van der Waals surface area contributed by atoms with Crippen LogP contribution in [0.25, 0.3) is 10.9 Å². The van der Waals surface area contributed by atoms with Gasteiger partial charge in [0.15, 0.2) is 0 Å². The van der Waals surface area contributed by atoms with Crippen LogP contribution in [0.4, 0.5) is 0 Å². The van der Waals surface area contributed by atoms with E-state index in [1.54, 1.807) is 18.0 Å². The fourth-order valence-electron chi connectivity index (χ4n) is 3.25. The smallest absolute Gasteiger partial charge is 0.327 e. The first-order valence-electron chi connectivity index (χ1n) is 10.7. The number of carboxylic acids is 1. The number of fused-ring (bicyclic) bond motifs is 1. The van der Waals surface area contributed by atoms with Gasteiger partial charge in [0.2, 0.25) is 17.7 Å². The van der Waals surface area contributed by atoms with Gasteiger partial charge in [0.05, 0.1) is 6.04 Å². The van der Waals surface area contributed by atoms with E-state index in [-0.39, 0.29) is 12.2 Å². The van der Waals surface area contributed by atoms with E-state index in [9.17, 15) is 19.2 Å². The summed E-state index contributed by atoms with van der Waals surface area (Å²) in [5, 5.41) is 17.6. The second-order valence-electron chi connectivity index (χ2n) is 7.83. The van der Waals surface area contributed by atoms with Crippen molar-refractivity contribution in [3.8, 4) is 0 Å². The molecule has 4 atom stereocenters. The van der Waals surface area contributed by atoms with E-state index in [2.05, 4.69) is 33.6 Å². The molecule has 0 aliphatic rings. The van der Waals surface area contributed by atoms with Crippen molar-refractivity contribution in [2.75, 3.05) is 17.8 Å². The second kappa shape index (κ2) is 13.3. The summed E-state index contributed by atoms with van der Waals surface area (Å²) in [5.74, 6) is -2.37. The molecule has 0 saturated heterocycles. The minimum Gasteiger partial charge on any atom is -0.480 e. The first kappa shape index (κ1) is 27.5. The highest BCUT2D eigenvalue weighted by atomic mass is 32.2. The molecule has 1 heterocycles. The number of thioether (sulfide) groups is 1. The van der Waals surface area contributed by atoms with Crippen LogP contribution in [0.5, 0.6) is 0 Å². The number of thiol groups is 1. The molecule has 1 aromatic heterocycles. The van der Waals surface area contributed by atoms with Gasteiger partial charge < -0.3 is 31.8 Å². The molecule has 0 spiro atoms. The topological polar surface area (TPSA) is 166 Å². The van der Waals surface area contributed by atoms with Crippen molar-refractivity contribution in [1.29, 1.82) is 0 Å². The molecule has 1 aromatic carbocycles. The number of aromatic nitrogens is 1. The molecular formula is C22H31N5O5S2. The summed E-state index contributed by atoms with van der Waals surface area (Å²) in [6.45, 7) is 1.43. The van der Waals surface area contributed by atoms with Crippen molar-refractivity contribution < 1.29 is 24.3 Å². The average Bonchev–Trinajstić information content (AvgIpc) is 3.22. The monoisotopic (exact) mass is 509 g/mol. The molecule has 0 aliphatic carbocycles. The minimum absolute atomic E-state index is 0.102. The van der Waals surface area contributed by atoms with Crippen LogP contribution in [0.1, 0.15) is 18.9 Å². The largest absolute Gasteiger partial charge is 0.480 e. The zero-order valence-electron chi connectivity index (χ0n) is 19.0. The lowest BCUT2D eigenvalue weighted by Gasteiger charge is -2.23. The molecule has 0 radical (unpaired) electrons. The van der Waals surface area contributed by atoms with Gasteiger partial charge >= 0.3 is 5.97 Å². The van der Waals surface area contributed by atoms with Crippen molar-refractivity contribution in [1.82, 2.24) is 20.9 Å². The summed E-state index contributed by atoms with van der Waals surface area (Å²) in [5.41, 5.74) is 7.67. The lowest BCUT2D eigenvalue weighted by atomic mass is 10.0. The molecule has 3 amide bonds. The molecule has 0 aliphatic heterocycles. The number of aliphatic carboxylic acids is 1. The first-order chi connectivity index (χ1) is 16.2. The molecule has 10 nitrogen and oxygen atoms in total. The van der Waals surface area contributed by atoms with Gasteiger partial charge in [-0.05, 0) is 37.0 Å². The summed E-state index contributed by atoms with van der Waals surface area (Å²) in [6.07, 6.45) is 4.30. The lowest BCUT2D eigenvalue weighted by molar-refractivity contribution is -0.141. The molecule has 0 bridgehead atoms. The highest BCUT2D eigenvalue weighted by Gasteiger charge is 2.28. The lowest BCUT2D eigenvalue weighted by Crippen LogP contribution is -2.57. The molecule has 186 valence electrons. The summed E-state index contributed by atoms with van der Waals surface area (Å²) in [4.78, 5) is 52.4. The van der Waals surface area contributed by atoms with Crippen LogP contribution in [0.3, 0.4) is 0 Å². The van der Waals surface area contributed by atoms with Gasteiger partial charge in [-0.25, -0.2) is 4.79 Å². The number of benzene rings is 1. The molecule has 0 saturated carbocycles. The molecule has 4 unspecified atom stereocenters. The molecule has 34 heavy (non-hydrogen) atoms. The third-order valence-corrected chi connectivity index (χ3v) is 6.26. The number of para-hydroxylation sites is 1. The Labute approximate surface area is 207 Å². The quantitative estimate of drug-likeness (QED) is 0.190. The van der Waals surface area contributed by atoms with Crippen molar-refractivity contribution in [2.24, 2.45) is 5.73 Å². The number of rotatable bonds is 13. The van der Waals surface area contributed by atoms with Crippen LogP contribution in [-0.4, -0.2) is 75.7 Å². The number of nitrogens with one attached hydrogen (secondary N) is 4. The normalized spacial score (nSPS) is 14.6. The number of hydrogen-bond donors (Lipinski definition) is 7. The van der Waals surface area contributed by atoms with E-state index in [0.717, 1.165) is 16.5 Å². The van der Waals surface area contributed by atoms with E-state index in [0.29, 0.717) is 12.2 Å². The van der Waals surface area contributed by atoms with Crippen LogP contribution in [0.15, 0.2) is 30.5 Å². The van der Waals surface area contributed by atoms with E-state index in [1.807, 2.05) is 30.5 Å². The maximum atomic E-state index is 13.1. The fourth-order valence-corrected chi connectivity index (χ4v) is 3.98. The van der Waals surface area contributed by atoms with Crippen LogP contribution < -0.4 is 21.7 Å². The SMILES string of the molecule is CSCCC(N)C(=O)NC(Cc1c[nH]c2ccccc12)C(=O)NC(C)C(=O)NC(CS)C(=O)O. The van der Waals surface area contributed by atoms with Crippen LogP contribution >= 0.6 is 24.4 Å². The zero-order valence-corrected chi connectivity index (χ0v) is 20.7. The first-order valence-corrected chi connectivity index (χ1v) is 12.7. The number of hydrogen-bond acceptors (Lipinski definition) is 7. The van der Waals surface area contributed by atoms with Crippen molar-refractivity contribution in [3.05, 3.63) is 36.0 Å². The van der Waals surface area contributed by atoms with Crippen molar-refractivity contribution in [2.45, 2.75) is 43.9 Å². The molecule has 2 rings (SSSR count). The van der Waals surface area contributed by atoms with Gasteiger partial charge in [0, 0.05) is 29.3 Å². The van der Waals surface area contributed by atoms with Crippen LogP contribution in [0.2, 0.25) is 0 Å². The highest BCUT2D eigenvalue weighted by molar-refractivity contribution is 7.98. The number of carbonyl (C=O) groups excluding carboxylic acids is 3. The Morgan fingerprint density at radius 1 is 1.09 bits per heavy atom. The van der Waals surface area contributed by atoms with Crippen molar-refractivity contribution in [3.63, 3.8) is 0 Å². The van der Waals surface area contributed by atoms with Gasteiger partial charge in [-0.3, -0.25) is 14.4 Å². The minimum atomic E-state index is -1.23. The average molecular weight is 510 g/mol. The predicted molar refractivity (Wildman–Crippen MR) is 136 cm³/mol. The maximum absolute atomic E-state index is 13.1. The van der Waals surface area contributed by atoms with Gasteiger partial charge in [-0.2, -0.15) is 24.4 Å². The Hall–Kier alpha value is -2.70. The maximum Gasteiger partial charge on any atom is 0.327 e. The summed E-state index contributed by atoms with van der Waals surface area (Å²) < 4.78 is 0. The van der Waals surface area contributed by atoms with E-state index in [4.69, 9.17) is 10.8 Å². The predicted octanol–water partition coefficient (Wildman–Crippen LogP) is 0.280. The van der Waals surface area contributed by atoms with E-state index >= 15 is 0 Å². The number of carbonyl (C=O) groups is 4. The Morgan fingerprint density at radius 3 is 2.41 bits per heavy atom. The number of carboxylic acid groups (broad SMARTS) is 1. The molecule has 7 N–H and O–H groups in total. The highest BCUT2D eigenvalue weighted by Crippen LogP contribution is 2.19. The number of aromatic amines is 1. The molecule has 2 aromatic rings. The van der Waals surface area contributed by atoms with Gasteiger partial charge in [0.25, 0.3) is 0 Å². The van der Waals surface area contributed by atoms with E-state index in [1.165, 1.54) is 6.92 Å². The third kappa shape index (κ3) is 7.67. The van der Waals surface area contributed by atoms with Gasteiger partial charge in [-0.1, -0.05) is 18.2 Å². The second-order valence-corrected chi connectivity index (χ2v) is 9.18. The molecule has 0 fully saturated rings. The Balaban J connectivity index is 2.16. The Bertz CT molecular complexity index is 1010. The molecule has 12 heteroatoms. The Morgan fingerprint density at radius 2 is 1.76 bits per heavy atom. The number of amides is 3. The summed E-state index contributed by atoms with van der Waals surface area (Å²) >= 11 is 5.48. The fraction of sp³-hybridized carbons (Fsp3) is 0.455. The van der Waals surface area contributed by atoms with Crippen molar-refractivity contribution >= 4 is 59.0 Å². The van der Waals surface area contributed by atoms with Crippen LogP contribution in [0, 0.1) is 0 Å². The van der Waals surface area contributed by atoms with Gasteiger partial charge in [0.1, 0.15) is 18.1 Å².